The molecule has 90 valence electrons. The summed E-state index contributed by atoms with van der Waals surface area (Å²) in [6.07, 6.45) is 9.27. The molecular weight excluding hydrogens is 206 g/mol. The fourth-order valence-corrected chi connectivity index (χ4v) is 3.51. The van der Waals surface area contributed by atoms with Gasteiger partial charge in [0.05, 0.1) is 5.54 Å². The van der Waals surface area contributed by atoms with Crippen molar-refractivity contribution in [2.24, 2.45) is 4.99 Å². The van der Waals surface area contributed by atoms with Crippen molar-refractivity contribution in [2.75, 3.05) is 0 Å². The van der Waals surface area contributed by atoms with Gasteiger partial charge in [0, 0.05) is 5.71 Å². The van der Waals surface area contributed by atoms with Crippen molar-refractivity contribution in [1.29, 1.82) is 0 Å². The number of fused-ring (bicyclic) bond motifs is 1. The first-order valence-electron chi connectivity index (χ1n) is 6.94. The molecule has 0 unspecified atom stereocenters. The second-order valence-corrected chi connectivity index (χ2v) is 5.67. The highest BCUT2D eigenvalue weighted by Crippen LogP contribution is 2.37. The number of nitrogens with zero attached hydrogens (tertiary/aromatic N) is 1. The number of rotatable bonds is 0. The van der Waals surface area contributed by atoms with Crippen molar-refractivity contribution in [3.8, 4) is 0 Å². The molecule has 17 heavy (non-hydrogen) atoms. The summed E-state index contributed by atoms with van der Waals surface area (Å²) in [4.78, 5) is 5.09. The third kappa shape index (κ3) is 2.03. The normalized spacial score (nSPS) is 22.8. The van der Waals surface area contributed by atoms with E-state index in [0.29, 0.717) is 0 Å². The van der Waals surface area contributed by atoms with Crippen LogP contribution in [0.1, 0.15) is 56.6 Å². The Labute approximate surface area is 104 Å². The van der Waals surface area contributed by atoms with Crippen LogP contribution in [0.2, 0.25) is 0 Å². The maximum Gasteiger partial charge on any atom is 0.0652 e. The third-order valence-corrected chi connectivity index (χ3v) is 4.37. The van der Waals surface area contributed by atoms with Crippen molar-refractivity contribution >= 4 is 5.71 Å². The summed E-state index contributed by atoms with van der Waals surface area (Å²) in [6.45, 7) is 2.19. The maximum atomic E-state index is 5.09. The van der Waals surface area contributed by atoms with Crippen molar-refractivity contribution in [1.82, 2.24) is 0 Å². The summed E-state index contributed by atoms with van der Waals surface area (Å²) < 4.78 is 0. The molecule has 0 N–H and O–H groups in total. The molecule has 1 fully saturated rings. The van der Waals surface area contributed by atoms with E-state index in [1.807, 2.05) is 0 Å². The Balaban J connectivity index is 1.98. The molecule has 0 radical (unpaired) electrons. The summed E-state index contributed by atoms with van der Waals surface area (Å²) >= 11 is 0. The molecule has 0 saturated heterocycles. The lowest BCUT2D eigenvalue weighted by atomic mass is 9.80. The second-order valence-electron chi connectivity index (χ2n) is 5.67. The maximum absolute atomic E-state index is 5.09. The van der Waals surface area contributed by atoms with Crippen LogP contribution in [0.4, 0.5) is 0 Å². The molecule has 1 nitrogen and oxygen atoms in total. The molecule has 1 aliphatic heterocycles. The molecule has 2 aliphatic rings. The summed E-state index contributed by atoms with van der Waals surface area (Å²) in [6, 6.07) is 8.81. The van der Waals surface area contributed by atoms with E-state index in [9.17, 15) is 0 Å². The lowest BCUT2D eigenvalue weighted by Crippen LogP contribution is -2.34. The van der Waals surface area contributed by atoms with Crippen LogP contribution >= 0.6 is 0 Å². The molecule has 0 atom stereocenters. The Morgan fingerprint density at radius 2 is 1.71 bits per heavy atom. The third-order valence-electron chi connectivity index (χ3n) is 4.37. The lowest BCUT2D eigenvalue weighted by Gasteiger charge is -2.34. The molecule has 1 spiro atoms. The highest BCUT2D eigenvalue weighted by molar-refractivity contribution is 6.01. The van der Waals surface area contributed by atoms with Crippen LogP contribution in [-0.2, 0) is 6.42 Å². The first kappa shape index (κ1) is 11.0. The van der Waals surface area contributed by atoms with Gasteiger partial charge in [-0.05, 0) is 37.3 Å². The van der Waals surface area contributed by atoms with Crippen LogP contribution in [0, 0.1) is 0 Å². The minimum absolute atomic E-state index is 0.245. The van der Waals surface area contributed by atoms with Crippen LogP contribution in [0.3, 0.4) is 0 Å². The van der Waals surface area contributed by atoms with Crippen LogP contribution in [0.5, 0.6) is 0 Å². The zero-order valence-corrected chi connectivity index (χ0v) is 10.7. The van der Waals surface area contributed by atoms with Crippen molar-refractivity contribution in [3.05, 3.63) is 35.4 Å². The lowest BCUT2D eigenvalue weighted by molar-refractivity contribution is 0.368. The molecule has 1 aromatic rings. The van der Waals surface area contributed by atoms with Gasteiger partial charge in [-0.2, -0.15) is 0 Å². The van der Waals surface area contributed by atoms with Crippen molar-refractivity contribution < 1.29 is 0 Å². The Morgan fingerprint density at radius 1 is 1.00 bits per heavy atom. The van der Waals surface area contributed by atoms with Gasteiger partial charge >= 0.3 is 0 Å². The molecule has 0 bridgehead atoms. The first-order valence-corrected chi connectivity index (χ1v) is 6.94. The summed E-state index contributed by atoms with van der Waals surface area (Å²) in [5, 5.41) is 0. The van der Waals surface area contributed by atoms with Gasteiger partial charge in [-0.1, -0.05) is 49.9 Å². The Morgan fingerprint density at radius 3 is 2.47 bits per heavy atom. The summed E-state index contributed by atoms with van der Waals surface area (Å²) in [5.41, 5.74) is 4.40. The Bertz CT molecular complexity index is 437. The second kappa shape index (κ2) is 4.29. The zero-order valence-electron chi connectivity index (χ0n) is 10.7. The van der Waals surface area contributed by atoms with E-state index in [0.717, 1.165) is 0 Å². The van der Waals surface area contributed by atoms with Crippen molar-refractivity contribution in [3.63, 3.8) is 0 Å². The van der Waals surface area contributed by atoms with Gasteiger partial charge in [0.1, 0.15) is 0 Å². The average molecular weight is 227 g/mol. The van der Waals surface area contributed by atoms with Crippen molar-refractivity contribution in [2.45, 2.75) is 57.4 Å². The van der Waals surface area contributed by atoms with E-state index in [-0.39, 0.29) is 5.54 Å². The monoisotopic (exact) mass is 227 g/mol. The van der Waals surface area contributed by atoms with E-state index < -0.39 is 0 Å². The fraction of sp³-hybridized carbons (Fsp3) is 0.562. The van der Waals surface area contributed by atoms with Crippen LogP contribution in [0.15, 0.2) is 29.3 Å². The minimum atomic E-state index is 0.245. The standard InChI is InChI=1S/C16H21N/c1-13-15-9-5-4-8-14(15)12-16(17-13)10-6-2-3-7-11-16/h4-5,8-9H,2-3,6-7,10-12H2,1H3. The SMILES string of the molecule is CC1=NC2(CCCCCC2)Cc2ccccc21. The molecule has 1 heteroatoms. The van der Waals surface area contributed by atoms with E-state index in [4.69, 9.17) is 4.99 Å². The van der Waals surface area contributed by atoms with E-state index >= 15 is 0 Å². The Kier molecular flexibility index (Phi) is 2.78. The fourth-order valence-electron chi connectivity index (χ4n) is 3.51. The quantitative estimate of drug-likeness (QED) is 0.631. The van der Waals surface area contributed by atoms with E-state index in [1.165, 1.54) is 61.8 Å². The van der Waals surface area contributed by atoms with Gasteiger partial charge in [-0.3, -0.25) is 4.99 Å². The average Bonchev–Trinajstić information content (AvgIpc) is 2.55. The molecule has 1 aromatic carbocycles. The molecule has 0 aromatic heterocycles. The van der Waals surface area contributed by atoms with Gasteiger partial charge in [0.2, 0.25) is 0 Å². The van der Waals surface area contributed by atoms with E-state index in [1.54, 1.807) is 0 Å². The Hall–Kier alpha value is -1.11. The van der Waals surface area contributed by atoms with Crippen LogP contribution < -0.4 is 0 Å². The highest BCUT2D eigenvalue weighted by atomic mass is 14.9. The molecule has 1 aliphatic carbocycles. The molecule has 3 rings (SSSR count). The predicted molar refractivity (Wildman–Crippen MR) is 72.8 cm³/mol. The number of hydrogen-bond donors (Lipinski definition) is 0. The van der Waals surface area contributed by atoms with Gasteiger partial charge < -0.3 is 0 Å². The number of hydrogen-bond acceptors (Lipinski definition) is 1. The predicted octanol–water partition coefficient (Wildman–Crippen LogP) is 4.14. The summed E-state index contributed by atoms with van der Waals surface area (Å²) in [7, 11) is 0. The number of benzene rings is 1. The molecule has 1 saturated carbocycles. The topological polar surface area (TPSA) is 12.4 Å². The largest absolute Gasteiger partial charge is 0.282 e. The molecule has 0 amide bonds. The van der Waals surface area contributed by atoms with Crippen LogP contribution in [-0.4, -0.2) is 11.3 Å². The van der Waals surface area contributed by atoms with Gasteiger partial charge in [-0.15, -0.1) is 0 Å². The van der Waals surface area contributed by atoms with Gasteiger partial charge in [-0.25, -0.2) is 0 Å². The highest BCUT2D eigenvalue weighted by Gasteiger charge is 2.34. The molecular formula is C16H21N. The number of aliphatic imine (C=N–C) groups is 1. The van der Waals surface area contributed by atoms with Gasteiger partial charge in [0.25, 0.3) is 0 Å². The first-order chi connectivity index (χ1) is 8.29. The molecule has 1 heterocycles. The van der Waals surface area contributed by atoms with Gasteiger partial charge in [0.15, 0.2) is 0 Å². The zero-order chi connectivity index (χ0) is 11.7. The smallest absolute Gasteiger partial charge is 0.0652 e. The minimum Gasteiger partial charge on any atom is -0.282 e. The van der Waals surface area contributed by atoms with E-state index in [2.05, 4.69) is 31.2 Å². The summed E-state index contributed by atoms with van der Waals surface area (Å²) in [5.74, 6) is 0. The van der Waals surface area contributed by atoms with Crippen LogP contribution in [0.25, 0.3) is 0 Å².